The highest BCUT2D eigenvalue weighted by Crippen LogP contribution is 2.21. The van der Waals surface area contributed by atoms with Crippen molar-refractivity contribution >= 4 is 0 Å². The van der Waals surface area contributed by atoms with Crippen LogP contribution in [0.1, 0.15) is 50.8 Å². The van der Waals surface area contributed by atoms with Crippen LogP contribution in [0, 0.1) is 6.92 Å². The standard InChI is InChI=1S/C12H22N2O/c1-4-6-8-11-10(3)12(15)14(13-11)9-7-5-2/h15H,4-9H2,1-3H3. The molecule has 0 unspecified atom stereocenters. The van der Waals surface area contributed by atoms with Crippen LogP contribution in [0.5, 0.6) is 5.88 Å². The lowest BCUT2D eigenvalue weighted by molar-refractivity contribution is 0.390. The minimum absolute atomic E-state index is 0.356. The molecule has 86 valence electrons. The molecule has 3 heteroatoms. The van der Waals surface area contributed by atoms with Crippen LogP contribution >= 0.6 is 0 Å². The van der Waals surface area contributed by atoms with Crippen LogP contribution in [0.25, 0.3) is 0 Å². The van der Waals surface area contributed by atoms with Crippen LogP contribution < -0.4 is 0 Å². The van der Waals surface area contributed by atoms with Crippen LogP contribution in [0.4, 0.5) is 0 Å². The minimum Gasteiger partial charge on any atom is -0.493 e. The van der Waals surface area contributed by atoms with Crippen molar-refractivity contribution in [3.05, 3.63) is 11.3 Å². The van der Waals surface area contributed by atoms with E-state index in [1.165, 1.54) is 6.42 Å². The summed E-state index contributed by atoms with van der Waals surface area (Å²) < 4.78 is 1.74. The molecular formula is C12H22N2O. The summed E-state index contributed by atoms with van der Waals surface area (Å²) in [6.45, 7) is 7.10. The topological polar surface area (TPSA) is 38.0 Å². The Morgan fingerprint density at radius 3 is 2.47 bits per heavy atom. The number of rotatable bonds is 6. The van der Waals surface area contributed by atoms with Gasteiger partial charge in [-0.1, -0.05) is 26.7 Å². The van der Waals surface area contributed by atoms with Gasteiger partial charge in [0.1, 0.15) is 0 Å². The first-order chi connectivity index (χ1) is 7.20. The first-order valence-corrected chi connectivity index (χ1v) is 5.95. The van der Waals surface area contributed by atoms with E-state index in [2.05, 4.69) is 18.9 Å². The first kappa shape index (κ1) is 12.1. The van der Waals surface area contributed by atoms with Gasteiger partial charge in [0.2, 0.25) is 5.88 Å². The van der Waals surface area contributed by atoms with Crippen LogP contribution in [-0.2, 0) is 13.0 Å². The molecule has 1 N–H and O–H groups in total. The van der Waals surface area contributed by atoms with Gasteiger partial charge in [0, 0.05) is 12.1 Å². The second-order valence-corrected chi connectivity index (χ2v) is 4.08. The summed E-state index contributed by atoms with van der Waals surface area (Å²) >= 11 is 0. The summed E-state index contributed by atoms with van der Waals surface area (Å²) in [7, 11) is 0. The molecule has 1 aromatic rings. The number of unbranched alkanes of at least 4 members (excludes halogenated alkanes) is 2. The van der Waals surface area contributed by atoms with Crippen molar-refractivity contribution in [2.75, 3.05) is 0 Å². The number of aromatic nitrogens is 2. The molecule has 0 atom stereocenters. The Morgan fingerprint density at radius 1 is 1.20 bits per heavy atom. The van der Waals surface area contributed by atoms with E-state index >= 15 is 0 Å². The molecule has 0 aliphatic carbocycles. The Balaban J connectivity index is 2.72. The molecule has 0 spiro atoms. The Bertz CT molecular complexity index is 276. The summed E-state index contributed by atoms with van der Waals surface area (Å²) in [4.78, 5) is 0. The van der Waals surface area contributed by atoms with Crippen LogP contribution in [0.3, 0.4) is 0 Å². The lowest BCUT2D eigenvalue weighted by atomic mass is 10.1. The summed E-state index contributed by atoms with van der Waals surface area (Å²) in [6, 6.07) is 0. The zero-order valence-corrected chi connectivity index (χ0v) is 10.1. The molecule has 0 fully saturated rings. The Hall–Kier alpha value is -0.990. The molecule has 1 aromatic heterocycles. The fraction of sp³-hybridized carbons (Fsp3) is 0.750. The third-order valence-electron chi connectivity index (χ3n) is 2.74. The third kappa shape index (κ3) is 2.98. The van der Waals surface area contributed by atoms with Crippen molar-refractivity contribution in [1.82, 2.24) is 9.78 Å². The highest BCUT2D eigenvalue weighted by molar-refractivity contribution is 5.28. The van der Waals surface area contributed by atoms with Gasteiger partial charge in [-0.3, -0.25) is 0 Å². The number of hydrogen-bond acceptors (Lipinski definition) is 2. The summed E-state index contributed by atoms with van der Waals surface area (Å²) in [5.74, 6) is 0.356. The number of nitrogens with zero attached hydrogens (tertiary/aromatic N) is 2. The normalized spacial score (nSPS) is 10.9. The molecule has 15 heavy (non-hydrogen) atoms. The molecule has 3 nitrogen and oxygen atoms in total. The van der Waals surface area contributed by atoms with E-state index in [1.54, 1.807) is 4.68 Å². The lowest BCUT2D eigenvalue weighted by Gasteiger charge is -2.00. The third-order valence-corrected chi connectivity index (χ3v) is 2.74. The van der Waals surface area contributed by atoms with Crippen molar-refractivity contribution < 1.29 is 5.11 Å². The van der Waals surface area contributed by atoms with Gasteiger partial charge in [-0.15, -0.1) is 0 Å². The van der Waals surface area contributed by atoms with Gasteiger partial charge in [0.15, 0.2) is 0 Å². The van der Waals surface area contributed by atoms with Crippen LogP contribution in [0.2, 0.25) is 0 Å². The molecule has 1 heterocycles. The number of hydrogen-bond donors (Lipinski definition) is 1. The molecule has 0 saturated carbocycles. The Morgan fingerprint density at radius 2 is 1.87 bits per heavy atom. The van der Waals surface area contributed by atoms with E-state index in [0.29, 0.717) is 5.88 Å². The summed E-state index contributed by atoms with van der Waals surface area (Å²) in [6.07, 6.45) is 5.49. The number of aromatic hydroxyl groups is 1. The van der Waals surface area contributed by atoms with Crippen molar-refractivity contribution in [2.24, 2.45) is 0 Å². The highest BCUT2D eigenvalue weighted by atomic mass is 16.3. The largest absolute Gasteiger partial charge is 0.493 e. The maximum Gasteiger partial charge on any atom is 0.212 e. The minimum atomic E-state index is 0.356. The van der Waals surface area contributed by atoms with Gasteiger partial charge in [0.25, 0.3) is 0 Å². The predicted octanol–water partition coefficient (Wildman–Crippen LogP) is 3.04. The molecule has 1 rings (SSSR count). The highest BCUT2D eigenvalue weighted by Gasteiger charge is 2.11. The Kier molecular flexibility index (Phi) is 4.66. The average molecular weight is 210 g/mol. The average Bonchev–Trinajstić information content (AvgIpc) is 2.51. The van der Waals surface area contributed by atoms with E-state index < -0.39 is 0 Å². The Labute approximate surface area is 92.1 Å². The van der Waals surface area contributed by atoms with Gasteiger partial charge < -0.3 is 5.11 Å². The number of aryl methyl sites for hydroxylation is 2. The van der Waals surface area contributed by atoms with Gasteiger partial charge in [-0.2, -0.15) is 5.10 Å². The summed E-state index contributed by atoms with van der Waals surface area (Å²) in [5, 5.41) is 14.3. The van der Waals surface area contributed by atoms with Gasteiger partial charge in [0.05, 0.1) is 5.69 Å². The fourth-order valence-electron chi connectivity index (χ4n) is 1.64. The van der Waals surface area contributed by atoms with Crippen LogP contribution in [0.15, 0.2) is 0 Å². The van der Waals surface area contributed by atoms with Crippen molar-refractivity contribution in [3.8, 4) is 5.88 Å². The quantitative estimate of drug-likeness (QED) is 0.783. The first-order valence-electron chi connectivity index (χ1n) is 5.95. The van der Waals surface area contributed by atoms with E-state index in [4.69, 9.17) is 0 Å². The zero-order chi connectivity index (χ0) is 11.3. The monoisotopic (exact) mass is 210 g/mol. The van der Waals surface area contributed by atoms with Gasteiger partial charge >= 0.3 is 0 Å². The molecule has 0 aromatic carbocycles. The molecule has 0 aliphatic heterocycles. The smallest absolute Gasteiger partial charge is 0.212 e. The molecule has 0 aliphatic rings. The lowest BCUT2D eigenvalue weighted by Crippen LogP contribution is -2.00. The molecular weight excluding hydrogens is 188 g/mol. The van der Waals surface area contributed by atoms with Crippen molar-refractivity contribution in [2.45, 2.75) is 59.4 Å². The zero-order valence-electron chi connectivity index (χ0n) is 10.1. The maximum atomic E-state index is 9.84. The second kappa shape index (κ2) is 5.79. The molecule has 0 amide bonds. The van der Waals surface area contributed by atoms with E-state index in [-0.39, 0.29) is 0 Å². The molecule has 0 saturated heterocycles. The van der Waals surface area contributed by atoms with Crippen molar-refractivity contribution in [3.63, 3.8) is 0 Å². The van der Waals surface area contributed by atoms with E-state index in [9.17, 15) is 5.11 Å². The molecule has 0 bridgehead atoms. The maximum absolute atomic E-state index is 9.84. The molecule has 0 radical (unpaired) electrons. The fourth-order valence-corrected chi connectivity index (χ4v) is 1.64. The van der Waals surface area contributed by atoms with E-state index in [1.807, 2.05) is 6.92 Å². The van der Waals surface area contributed by atoms with Gasteiger partial charge in [-0.25, -0.2) is 4.68 Å². The SMILES string of the molecule is CCCCc1nn(CCCC)c(O)c1C. The predicted molar refractivity (Wildman–Crippen MR) is 62.1 cm³/mol. The van der Waals surface area contributed by atoms with Gasteiger partial charge in [-0.05, 0) is 26.2 Å². The van der Waals surface area contributed by atoms with Crippen molar-refractivity contribution in [1.29, 1.82) is 0 Å². The summed E-state index contributed by atoms with van der Waals surface area (Å²) in [5.41, 5.74) is 2.02. The van der Waals surface area contributed by atoms with Crippen LogP contribution in [-0.4, -0.2) is 14.9 Å². The second-order valence-electron chi connectivity index (χ2n) is 4.08. The van der Waals surface area contributed by atoms with E-state index in [0.717, 1.165) is 43.5 Å².